The van der Waals surface area contributed by atoms with Crippen molar-refractivity contribution in [3.63, 3.8) is 0 Å². The fraction of sp³-hybridized carbons (Fsp3) is 0.310. The highest BCUT2D eigenvalue weighted by molar-refractivity contribution is 7.92. The fourth-order valence-electron chi connectivity index (χ4n) is 4.25. The van der Waals surface area contributed by atoms with Crippen LogP contribution in [-0.4, -0.2) is 57.6 Å². The van der Waals surface area contributed by atoms with Gasteiger partial charge in [0.15, 0.2) is 0 Å². The molecular weight excluding hydrogens is 538 g/mol. The van der Waals surface area contributed by atoms with Crippen LogP contribution < -0.4 is 14.4 Å². The smallest absolute Gasteiger partial charge is 0.244 e. The summed E-state index contributed by atoms with van der Waals surface area (Å²) in [4.78, 5) is 28.8. The minimum absolute atomic E-state index is 0.00962. The van der Waals surface area contributed by atoms with Crippen LogP contribution >= 0.6 is 11.6 Å². The van der Waals surface area contributed by atoms with Crippen LogP contribution in [-0.2, 0) is 32.6 Å². The van der Waals surface area contributed by atoms with Gasteiger partial charge in [0, 0.05) is 24.5 Å². The molecule has 0 unspecified atom stereocenters. The topological polar surface area (TPSA) is 96.0 Å². The Hall–Kier alpha value is -3.56. The van der Waals surface area contributed by atoms with Crippen molar-refractivity contribution >= 4 is 39.1 Å². The summed E-state index contributed by atoms with van der Waals surface area (Å²) < 4.78 is 32.4. The molecule has 3 rings (SSSR count). The minimum Gasteiger partial charge on any atom is -0.495 e. The number of halogens is 1. The van der Waals surface area contributed by atoms with E-state index in [0.29, 0.717) is 22.9 Å². The molecule has 0 saturated carbocycles. The number of hydrogen-bond donors (Lipinski definition) is 1. The summed E-state index contributed by atoms with van der Waals surface area (Å²) in [6.45, 7) is 3.46. The highest BCUT2D eigenvalue weighted by Gasteiger charge is 2.33. The molecule has 0 bridgehead atoms. The zero-order valence-electron chi connectivity index (χ0n) is 22.6. The van der Waals surface area contributed by atoms with E-state index in [0.717, 1.165) is 21.7 Å². The van der Waals surface area contributed by atoms with E-state index in [2.05, 4.69) is 5.32 Å². The summed E-state index contributed by atoms with van der Waals surface area (Å²) in [6.07, 6.45) is 1.27. The Bertz CT molecular complexity index is 1400. The summed E-state index contributed by atoms with van der Waals surface area (Å²) in [5.41, 5.74) is 2.52. The molecule has 10 heteroatoms. The molecule has 0 heterocycles. The van der Waals surface area contributed by atoms with E-state index in [1.165, 1.54) is 12.0 Å². The fourth-order valence-corrected chi connectivity index (χ4v) is 5.29. The number of benzene rings is 3. The average molecular weight is 572 g/mol. The van der Waals surface area contributed by atoms with Gasteiger partial charge in [0.05, 0.1) is 19.1 Å². The Balaban J connectivity index is 2.09. The molecule has 208 valence electrons. The number of ether oxygens (including phenoxy) is 1. The van der Waals surface area contributed by atoms with Crippen molar-refractivity contribution in [2.24, 2.45) is 0 Å². The second kappa shape index (κ2) is 13.5. The van der Waals surface area contributed by atoms with E-state index in [1.54, 1.807) is 49.4 Å². The van der Waals surface area contributed by atoms with Crippen LogP contribution in [0.25, 0.3) is 0 Å². The lowest BCUT2D eigenvalue weighted by Crippen LogP contribution is -2.53. The van der Waals surface area contributed by atoms with Crippen LogP contribution in [0.3, 0.4) is 0 Å². The number of nitrogens with zero attached hydrogens (tertiary/aromatic N) is 2. The van der Waals surface area contributed by atoms with Gasteiger partial charge < -0.3 is 15.0 Å². The van der Waals surface area contributed by atoms with E-state index in [4.69, 9.17) is 16.3 Å². The Morgan fingerprint density at radius 1 is 1.03 bits per heavy atom. The van der Waals surface area contributed by atoms with Gasteiger partial charge >= 0.3 is 0 Å². The zero-order chi connectivity index (χ0) is 28.6. The number of carbonyl (C=O) groups is 2. The number of amides is 2. The molecule has 1 N–H and O–H groups in total. The van der Waals surface area contributed by atoms with Gasteiger partial charge in [-0.05, 0) is 48.7 Å². The Labute approximate surface area is 235 Å². The third-order valence-corrected chi connectivity index (χ3v) is 7.70. The molecule has 0 aliphatic rings. The lowest BCUT2D eigenvalue weighted by Gasteiger charge is -2.34. The Kier molecular flexibility index (Phi) is 10.4. The lowest BCUT2D eigenvalue weighted by molar-refractivity contribution is -0.140. The molecule has 3 aromatic carbocycles. The van der Waals surface area contributed by atoms with Crippen LogP contribution in [0.2, 0.25) is 5.02 Å². The van der Waals surface area contributed by atoms with Gasteiger partial charge in [0.1, 0.15) is 18.3 Å². The second-order valence-corrected chi connectivity index (χ2v) is 11.5. The highest BCUT2D eigenvalue weighted by Crippen LogP contribution is 2.31. The molecule has 3 aromatic rings. The third-order valence-electron chi connectivity index (χ3n) is 6.20. The highest BCUT2D eigenvalue weighted by atomic mass is 35.5. The van der Waals surface area contributed by atoms with E-state index in [9.17, 15) is 18.0 Å². The van der Waals surface area contributed by atoms with Crippen LogP contribution in [0, 0.1) is 6.92 Å². The number of aryl methyl sites for hydroxylation is 1. The molecule has 0 saturated heterocycles. The van der Waals surface area contributed by atoms with Crippen molar-refractivity contribution in [3.8, 4) is 5.75 Å². The molecule has 8 nitrogen and oxygen atoms in total. The molecule has 0 radical (unpaired) electrons. The van der Waals surface area contributed by atoms with E-state index < -0.39 is 28.5 Å². The largest absolute Gasteiger partial charge is 0.495 e. The molecule has 0 aliphatic carbocycles. The summed E-state index contributed by atoms with van der Waals surface area (Å²) in [5.74, 6) is -0.599. The number of anilines is 1. The third kappa shape index (κ3) is 7.97. The number of likely N-dealkylation sites (N-methyl/N-ethyl adjacent to an activating group) is 1. The summed E-state index contributed by atoms with van der Waals surface area (Å²) in [6, 6.07) is 20.6. The zero-order valence-corrected chi connectivity index (χ0v) is 24.1. The first-order chi connectivity index (χ1) is 18.5. The van der Waals surface area contributed by atoms with Crippen molar-refractivity contribution in [2.45, 2.75) is 32.9 Å². The van der Waals surface area contributed by atoms with Crippen molar-refractivity contribution in [1.29, 1.82) is 0 Å². The number of methoxy groups -OCH3 is 1. The van der Waals surface area contributed by atoms with E-state index in [-0.39, 0.29) is 24.6 Å². The van der Waals surface area contributed by atoms with Gasteiger partial charge in [-0.2, -0.15) is 0 Å². The Morgan fingerprint density at radius 2 is 1.69 bits per heavy atom. The number of carbonyl (C=O) groups excluding carboxylic acids is 2. The number of hydrogen-bond acceptors (Lipinski definition) is 5. The van der Waals surface area contributed by atoms with Crippen molar-refractivity contribution in [2.75, 3.05) is 30.8 Å². The molecule has 1 atom stereocenters. The monoisotopic (exact) mass is 571 g/mol. The Morgan fingerprint density at radius 3 is 2.31 bits per heavy atom. The molecule has 0 spiro atoms. The predicted molar refractivity (Wildman–Crippen MR) is 155 cm³/mol. The van der Waals surface area contributed by atoms with Gasteiger partial charge in [0.2, 0.25) is 21.8 Å². The normalized spacial score (nSPS) is 11.9. The maximum Gasteiger partial charge on any atom is 0.244 e. The SMILES string of the molecule is CCNC(=O)[C@H](Cc1ccccc1)N(Cc1ccccc1Cl)C(=O)CN(c1cc(C)ccc1OC)S(C)(=O)=O. The minimum atomic E-state index is -3.91. The van der Waals surface area contributed by atoms with Crippen molar-refractivity contribution in [1.82, 2.24) is 10.2 Å². The summed E-state index contributed by atoms with van der Waals surface area (Å²) >= 11 is 6.45. The maximum absolute atomic E-state index is 14.1. The summed E-state index contributed by atoms with van der Waals surface area (Å²) in [7, 11) is -2.48. The van der Waals surface area contributed by atoms with Crippen LogP contribution in [0.4, 0.5) is 5.69 Å². The molecule has 2 amide bonds. The second-order valence-electron chi connectivity index (χ2n) is 9.16. The van der Waals surface area contributed by atoms with Crippen LogP contribution in [0.15, 0.2) is 72.8 Å². The van der Waals surface area contributed by atoms with Gasteiger partial charge in [-0.25, -0.2) is 8.42 Å². The maximum atomic E-state index is 14.1. The van der Waals surface area contributed by atoms with Gasteiger partial charge in [0.25, 0.3) is 0 Å². The standard InChI is InChI=1S/C29H34ClN3O5S/c1-5-31-29(35)26(18-22-11-7-6-8-12-22)32(19-23-13-9-10-14-24(23)30)28(34)20-33(39(4,36)37)25-17-21(2)15-16-27(25)38-3/h6-17,26H,5,18-20H2,1-4H3,(H,31,35)/t26-/m0/s1. The average Bonchev–Trinajstić information content (AvgIpc) is 2.90. The first-order valence-electron chi connectivity index (χ1n) is 12.5. The predicted octanol–water partition coefficient (Wildman–Crippen LogP) is 4.20. The first-order valence-corrected chi connectivity index (χ1v) is 14.7. The number of sulfonamides is 1. The van der Waals surface area contributed by atoms with E-state index >= 15 is 0 Å². The van der Waals surface area contributed by atoms with Gasteiger partial charge in [-0.3, -0.25) is 13.9 Å². The number of nitrogens with one attached hydrogen (secondary N) is 1. The van der Waals surface area contributed by atoms with Crippen LogP contribution in [0.5, 0.6) is 5.75 Å². The first kappa shape index (κ1) is 30.0. The lowest BCUT2D eigenvalue weighted by atomic mass is 10.0. The summed E-state index contributed by atoms with van der Waals surface area (Å²) in [5, 5.41) is 3.26. The van der Waals surface area contributed by atoms with Crippen molar-refractivity contribution in [3.05, 3.63) is 94.5 Å². The van der Waals surface area contributed by atoms with Gasteiger partial charge in [-0.1, -0.05) is 66.2 Å². The quantitative estimate of drug-likeness (QED) is 0.351. The molecule has 0 fully saturated rings. The van der Waals surface area contributed by atoms with Gasteiger partial charge in [-0.15, -0.1) is 0 Å². The van der Waals surface area contributed by atoms with E-state index in [1.807, 2.05) is 37.3 Å². The molecular formula is C29H34ClN3O5S. The van der Waals surface area contributed by atoms with Crippen LogP contribution in [0.1, 0.15) is 23.6 Å². The van der Waals surface area contributed by atoms with Crippen molar-refractivity contribution < 1.29 is 22.7 Å². The molecule has 0 aromatic heterocycles. The molecule has 39 heavy (non-hydrogen) atoms. The number of rotatable bonds is 12. The molecule has 0 aliphatic heterocycles.